The average molecular weight is 76.1 g/mol. The third kappa shape index (κ3) is 4.19. The zero-order valence-corrected chi connectivity index (χ0v) is 3.39. The fourth-order valence-corrected chi connectivity index (χ4v) is 0. The van der Waals surface area contributed by atoms with Crippen LogP contribution in [0.5, 0.6) is 0 Å². The van der Waals surface area contributed by atoms with Crippen molar-refractivity contribution in [1.29, 1.82) is 0 Å². The first-order valence-electron chi connectivity index (χ1n) is 0.681. The Morgan fingerprint density at radius 1 is 2.00 bits per heavy atom. The Balaban J connectivity index is 2.80. The number of nitro groups is 1. The van der Waals surface area contributed by atoms with Crippen LogP contribution in [0.25, 0.3) is 0 Å². The zero-order chi connectivity index (χ0) is 3.58. The first kappa shape index (κ1) is 3.62. The van der Waals surface area contributed by atoms with E-state index in [1.54, 1.807) is 0 Å². The van der Waals surface area contributed by atoms with Crippen LogP contribution in [0.3, 0.4) is 0 Å². The minimum absolute atomic E-state index is 0.472. The summed E-state index contributed by atoms with van der Waals surface area (Å²) in [6, 6.07) is 0. The van der Waals surface area contributed by atoms with Gasteiger partial charge in [0.1, 0.15) is 0 Å². The van der Waals surface area contributed by atoms with Gasteiger partial charge < -0.3 is 0 Å². The predicted molar refractivity (Wildman–Crippen MR) is 15.5 cm³/mol. The van der Waals surface area contributed by atoms with Crippen molar-refractivity contribution in [1.82, 2.24) is 0 Å². The summed E-state index contributed by atoms with van der Waals surface area (Å²) in [5, 5.41) is 8.82. The second kappa shape index (κ2) is 0.999. The van der Waals surface area contributed by atoms with Gasteiger partial charge in [0.15, 0.2) is 0 Å². The van der Waals surface area contributed by atoms with Crippen LogP contribution in [0, 0.1) is 10.1 Å². The summed E-state index contributed by atoms with van der Waals surface area (Å²) in [4.78, 5) is 8.82. The molecule has 0 saturated heterocycles. The van der Waals surface area contributed by atoms with E-state index in [1.807, 2.05) is 0 Å². The van der Waals surface area contributed by atoms with Gasteiger partial charge in [-0.3, -0.25) is 10.1 Å². The van der Waals surface area contributed by atoms with Crippen LogP contribution in [-0.4, -0.2) is 15.0 Å². The largest absolute Gasteiger partial charge is 0.454 e. The molecule has 4 heavy (non-hydrogen) atoms. The van der Waals surface area contributed by atoms with Crippen LogP contribution in [0.15, 0.2) is 0 Å². The van der Waals surface area contributed by atoms with Crippen molar-refractivity contribution in [2.75, 3.05) is 0 Å². The molecule has 0 bridgehead atoms. The molecular weight excluding hydrogens is 74.1 g/mol. The maximum atomic E-state index is 8.82. The van der Waals surface area contributed by atoms with Crippen molar-refractivity contribution in [2.45, 2.75) is 0 Å². The van der Waals surface area contributed by atoms with Gasteiger partial charge in [-0.05, 0) is 0 Å². The fraction of sp³-hybridized carbons (Fsp3) is 0. The molecule has 0 aliphatic carbocycles. The Kier molecular flexibility index (Phi) is 0.903. The van der Waals surface area contributed by atoms with Crippen LogP contribution >= 0.6 is 0 Å². The molecule has 0 aromatic rings. The molecule has 23 valence electrons. The lowest BCUT2D eigenvalue weighted by molar-refractivity contribution is -0.312. The summed E-state index contributed by atoms with van der Waals surface area (Å²) in [5.74, 6) is 0. The molecule has 1 radical (unpaired) electrons. The zero-order valence-electron chi connectivity index (χ0n) is 1.97. The average Bonchev–Trinajstić information content (AvgIpc) is 0.811. The minimum Gasteiger partial charge on any atom is -0.290 e. The van der Waals surface area contributed by atoms with Gasteiger partial charge >= 0.3 is 10.4 Å². The van der Waals surface area contributed by atoms with Crippen molar-refractivity contribution < 1.29 is 4.59 Å². The lowest BCUT2D eigenvalue weighted by Crippen LogP contribution is -1.83. The molecule has 0 aromatic heterocycles. The maximum absolute atomic E-state index is 8.82. The predicted octanol–water partition coefficient (Wildman–Crippen LogP) is -1.19. The van der Waals surface area contributed by atoms with Crippen LogP contribution in [0.1, 0.15) is 0 Å². The van der Waals surface area contributed by atoms with Gasteiger partial charge in [0.05, 0.1) is 0 Å². The molecule has 0 spiro atoms. The number of hydrogen-bond acceptors (Lipinski definition) is 2. The Bertz CT molecular complexity index is 29.0. The number of hydrogen-bond donors (Lipinski definition) is 0. The van der Waals surface area contributed by atoms with Gasteiger partial charge in [0.25, 0.3) is 0 Å². The molecule has 3 nitrogen and oxygen atoms in total. The molecule has 0 N–H and O–H groups in total. The summed E-state index contributed by atoms with van der Waals surface area (Å²) in [6.07, 6.45) is 0. The Labute approximate surface area is 26.3 Å². The standard InChI is InChI=1S/H2NO2Si/c2-1(3)4/h4H2. The minimum atomic E-state index is -0.472. The smallest absolute Gasteiger partial charge is 0.290 e. The third-order valence-corrected chi connectivity index (χ3v) is 0. The van der Waals surface area contributed by atoms with Crippen LogP contribution in [0.4, 0.5) is 0 Å². The second-order valence-corrected chi connectivity index (χ2v) is 0.849. The van der Waals surface area contributed by atoms with E-state index in [4.69, 9.17) is 10.1 Å². The van der Waals surface area contributed by atoms with E-state index in [1.165, 1.54) is 0 Å². The van der Waals surface area contributed by atoms with Gasteiger partial charge in [-0.15, -0.1) is 0 Å². The molecule has 0 unspecified atom stereocenters. The quantitative estimate of drug-likeness (QED) is 0.207. The monoisotopic (exact) mass is 76.0 g/mol. The van der Waals surface area contributed by atoms with E-state index < -0.39 is 4.59 Å². The van der Waals surface area contributed by atoms with Crippen molar-refractivity contribution in [3.63, 3.8) is 0 Å². The highest BCUT2D eigenvalue weighted by molar-refractivity contribution is 5.95. The van der Waals surface area contributed by atoms with Gasteiger partial charge in [0, 0.05) is 0 Å². The first-order chi connectivity index (χ1) is 1.73. The first-order valence-corrected chi connectivity index (χ1v) is 1.31. The highest BCUT2D eigenvalue weighted by atomic mass is 28.2. The summed E-state index contributed by atoms with van der Waals surface area (Å²) in [5.41, 5.74) is 0. The van der Waals surface area contributed by atoms with Crippen LogP contribution < -0.4 is 0 Å². The summed E-state index contributed by atoms with van der Waals surface area (Å²) >= 11 is 0. The number of rotatable bonds is 0. The van der Waals surface area contributed by atoms with E-state index in [9.17, 15) is 0 Å². The summed E-state index contributed by atoms with van der Waals surface area (Å²) < 4.78 is -0.472. The van der Waals surface area contributed by atoms with Gasteiger partial charge in [-0.25, -0.2) is 0 Å². The molecule has 4 heteroatoms. The fourth-order valence-electron chi connectivity index (χ4n) is 0. The summed E-state index contributed by atoms with van der Waals surface area (Å²) in [7, 11) is 0.725. The summed E-state index contributed by atoms with van der Waals surface area (Å²) in [6.45, 7) is 0. The lowest BCUT2D eigenvalue weighted by atomic mass is 13.4. The molecule has 0 aliphatic rings. The normalized spacial score (nSPS) is 6.25. The highest BCUT2D eigenvalue weighted by Gasteiger charge is 1.60. The molecule has 0 rings (SSSR count). The molecule has 0 heterocycles. The lowest BCUT2D eigenvalue weighted by Gasteiger charge is -1.64. The Morgan fingerprint density at radius 2 is 2.00 bits per heavy atom. The molecular formula is H2NO2Si. The maximum Gasteiger partial charge on any atom is 0.454 e. The van der Waals surface area contributed by atoms with E-state index in [0.717, 1.165) is 10.4 Å². The van der Waals surface area contributed by atoms with Crippen molar-refractivity contribution in [3.8, 4) is 0 Å². The Morgan fingerprint density at radius 3 is 2.00 bits per heavy atom. The van der Waals surface area contributed by atoms with E-state index in [-0.39, 0.29) is 0 Å². The van der Waals surface area contributed by atoms with Crippen LogP contribution in [-0.2, 0) is 0 Å². The molecule has 0 saturated carbocycles. The molecule has 0 amide bonds. The van der Waals surface area contributed by atoms with Crippen LogP contribution in [0.2, 0.25) is 0 Å². The van der Waals surface area contributed by atoms with Gasteiger partial charge in [-0.2, -0.15) is 0 Å². The van der Waals surface area contributed by atoms with E-state index >= 15 is 0 Å². The second-order valence-electron chi connectivity index (χ2n) is 0.333. The van der Waals surface area contributed by atoms with E-state index in [0.29, 0.717) is 0 Å². The molecule has 0 atom stereocenters. The van der Waals surface area contributed by atoms with Gasteiger partial charge in [-0.1, -0.05) is 4.59 Å². The highest BCUT2D eigenvalue weighted by Crippen LogP contribution is 1.36. The topological polar surface area (TPSA) is 43.1 Å². The van der Waals surface area contributed by atoms with E-state index in [2.05, 4.69) is 0 Å². The molecule has 0 fully saturated rings. The Hall–Kier alpha value is -0.383. The molecule has 0 aromatic carbocycles. The van der Waals surface area contributed by atoms with Crippen molar-refractivity contribution in [3.05, 3.63) is 10.1 Å². The molecule has 0 aliphatic heterocycles. The van der Waals surface area contributed by atoms with Crippen molar-refractivity contribution in [2.24, 2.45) is 0 Å². The third-order valence-electron chi connectivity index (χ3n) is 0. The van der Waals surface area contributed by atoms with Crippen molar-refractivity contribution >= 4 is 10.4 Å². The van der Waals surface area contributed by atoms with Gasteiger partial charge in [0.2, 0.25) is 0 Å². The number of nitrogens with zero attached hydrogens (tertiary/aromatic N) is 1. The SMILES string of the molecule is O=[N+]([O-])[SiH2].